The highest BCUT2D eigenvalue weighted by Crippen LogP contribution is 2.34. The molecular formula is C16H12BrF4NOS. The van der Waals surface area contributed by atoms with E-state index in [0.29, 0.717) is 10.2 Å². The summed E-state index contributed by atoms with van der Waals surface area (Å²) in [7, 11) is 0. The van der Waals surface area contributed by atoms with Crippen LogP contribution in [0.4, 0.5) is 23.2 Å². The third-order valence-corrected chi connectivity index (χ3v) is 4.73. The molecule has 2 nitrogen and oxygen atoms in total. The molecule has 0 aromatic heterocycles. The highest BCUT2D eigenvalue weighted by atomic mass is 79.9. The van der Waals surface area contributed by atoms with Crippen molar-refractivity contribution in [1.29, 1.82) is 0 Å². The Balaban J connectivity index is 1.93. The summed E-state index contributed by atoms with van der Waals surface area (Å²) in [6.07, 6.45) is -4.53. The fourth-order valence-electron chi connectivity index (χ4n) is 1.92. The van der Waals surface area contributed by atoms with E-state index >= 15 is 0 Å². The molecule has 8 heteroatoms. The second-order valence-electron chi connectivity index (χ2n) is 4.82. The molecule has 2 aromatic carbocycles. The minimum absolute atomic E-state index is 0.0178. The van der Waals surface area contributed by atoms with Crippen molar-refractivity contribution < 1.29 is 22.4 Å². The van der Waals surface area contributed by atoms with Gasteiger partial charge in [0.05, 0.1) is 17.0 Å². The van der Waals surface area contributed by atoms with Crippen LogP contribution in [0, 0.1) is 5.82 Å². The zero-order valence-corrected chi connectivity index (χ0v) is 14.6. The number of benzene rings is 2. The van der Waals surface area contributed by atoms with Gasteiger partial charge in [-0.05, 0) is 29.8 Å². The molecule has 24 heavy (non-hydrogen) atoms. The fraction of sp³-hybridized carbons (Fsp3) is 0.188. The maximum absolute atomic E-state index is 13.0. The molecule has 0 spiro atoms. The summed E-state index contributed by atoms with van der Waals surface area (Å²) in [5, 5.41) is 2.28. The average Bonchev–Trinajstić information content (AvgIpc) is 2.49. The third kappa shape index (κ3) is 5.24. The van der Waals surface area contributed by atoms with Gasteiger partial charge in [0.15, 0.2) is 0 Å². The SMILES string of the molecule is O=C(CSCc1ccc(F)cc1Br)Nc1ccccc1C(F)(F)F. The number of amides is 1. The number of carbonyl (C=O) groups excluding carboxylic acids is 1. The van der Waals surface area contributed by atoms with Crippen molar-refractivity contribution in [2.45, 2.75) is 11.9 Å². The molecule has 0 aliphatic rings. The maximum Gasteiger partial charge on any atom is 0.418 e. The molecule has 0 radical (unpaired) electrons. The van der Waals surface area contributed by atoms with Gasteiger partial charge in [0, 0.05) is 10.2 Å². The second kappa shape index (κ2) is 8.02. The van der Waals surface area contributed by atoms with Crippen molar-refractivity contribution >= 4 is 39.3 Å². The number of nitrogens with one attached hydrogen (secondary N) is 1. The quantitative estimate of drug-likeness (QED) is 0.647. The maximum atomic E-state index is 13.0. The van der Waals surface area contributed by atoms with Crippen LogP contribution < -0.4 is 5.32 Å². The van der Waals surface area contributed by atoms with E-state index in [1.54, 1.807) is 6.07 Å². The summed E-state index contributed by atoms with van der Waals surface area (Å²) in [6.45, 7) is 0. The van der Waals surface area contributed by atoms with Crippen LogP contribution >= 0.6 is 27.7 Å². The predicted octanol–water partition coefficient (Wildman–Crippen LogP) is 5.48. The largest absolute Gasteiger partial charge is 0.418 e. The number of rotatable bonds is 5. The van der Waals surface area contributed by atoms with Crippen LogP contribution in [0.1, 0.15) is 11.1 Å². The number of anilines is 1. The van der Waals surface area contributed by atoms with Gasteiger partial charge in [0.25, 0.3) is 0 Å². The molecule has 0 atom stereocenters. The number of alkyl halides is 3. The first-order chi connectivity index (χ1) is 11.3. The molecule has 0 fully saturated rings. The zero-order valence-electron chi connectivity index (χ0n) is 12.2. The lowest BCUT2D eigenvalue weighted by Crippen LogP contribution is -2.18. The van der Waals surface area contributed by atoms with E-state index in [1.807, 2.05) is 0 Å². The lowest BCUT2D eigenvalue weighted by molar-refractivity contribution is -0.137. The van der Waals surface area contributed by atoms with Crippen LogP contribution in [0.2, 0.25) is 0 Å². The van der Waals surface area contributed by atoms with E-state index in [1.165, 1.54) is 42.1 Å². The Morgan fingerprint density at radius 2 is 1.88 bits per heavy atom. The van der Waals surface area contributed by atoms with Crippen molar-refractivity contribution in [1.82, 2.24) is 0 Å². The van der Waals surface area contributed by atoms with Gasteiger partial charge in [-0.2, -0.15) is 13.2 Å². The zero-order chi connectivity index (χ0) is 17.7. The standard InChI is InChI=1S/C16H12BrF4NOS/c17-13-7-11(18)6-5-10(13)8-24-9-15(23)22-14-4-2-1-3-12(14)16(19,20)21/h1-7H,8-9H2,(H,22,23). The first-order valence-corrected chi connectivity index (χ1v) is 8.70. The smallest absolute Gasteiger partial charge is 0.325 e. The van der Waals surface area contributed by atoms with Crippen LogP contribution in [-0.2, 0) is 16.7 Å². The molecule has 1 amide bonds. The molecular weight excluding hydrogens is 410 g/mol. The molecule has 0 aliphatic carbocycles. The first kappa shape index (κ1) is 18.8. The van der Waals surface area contributed by atoms with Crippen molar-refractivity contribution in [2.24, 2.45) is 0 Å². The molecule has 0 saturated carbocycles. The van der Waals surface area contributed by atoms with Crippen molar-refractivity contribution in [2.75, 3.05) is 11.1 Å². The van der Waals surface area contributed by atoms with E-state index in [-0.39, 0.29) is 17.3 Å². The normalized spacial score (nSPS) is 11.4. The first-order valence-electron chi connectivity index (χ1n) is 6.75. The molecule has 1 N–H and O–H groups in total. The molecule has 2 aromatic rings. The Labute approximate surface area is 148 Å². The molecule has 2 rings (SSSR count). The van der Waals surface area contributed by atoms with Crippen molar-refractivity contribution in [3.63, 3.8) is 0 Å². The summed E-state index contributed by atoms with van der Waals surface area (Å²) in [6, 6.07) is 9.02. The van der Waals surface area contributed by atoms with E-state index in [0.717, 1.165) is 11.6 Å². The number of thioether (sulfide) groups is 1. The number of carbonyl (C=O) groups is 1. The monoisotopic (exact) mass is 421 g/mol. The van der Waals surface area contributed by atoms with Crippen molar-refractivity contribution in [3.05, 3.63) is 63.9 Å². The molecule has 0 saturated heterocycles. The lowest BCUT2D eigenvalue weighted by Gasteiger charge is -2.13. The minimum atomic E-state index is -4.53. The number of para-hydroxylation sites is 1. The third-order valence-electron chi connectivity index (χ3n) is 3.01. The van der Waals surface area contributed by atoms with Gasteiger partial charge in [-0.1, -0.05) is 34.1 Å². The molecule has 0 heterocycles. The highest BCUT2D eigenvalue weighted by molar-refractivity contribution is 9.10. The van der Waals surface area contributed by atoms with Gasteiger partial charge in [0.2, 0.25) is 5.91 Å². The summed E-state index contributed by atoms with van der Waals surface area (Å²) >= 11 is 4.44. The van der Waals surface area contributed by atoms with Crippen LogP contribution in [0.25, 0.3) is 0 Å². The van der Waals surface area contributed by atoms with Gasteiger partial charge in [-0.25, -0.2) is 4.39 Å². The Kier molecular flexibility index (Phi) is 6.28. The number of halogens is 5. The number of hydrogen-bond acceptors (Lipinski definition) is 2. The highest BCUT2D eigenvalue weighted by Gasteiger charge is 2.33. The van der Waals surface area contributed by atoms with E-state index < -0.39 is 17.6 Å². The Morgan fingerprint density at radius 3 is 2.54 bits per heavy atom. The molecule has 128 valence electrons. The fourth-order valence-corrected chi connectivity index (χ4v) is 3.43. The van der Waals surface area contributed by atoms with Gasteiger partial charge in [-0.15, -0.1) is 11.8 Å². The second-order valence-corrected chi connectivity index (χ2v) is 6.66. The summed E-state index contributed by atoms with van der Waals surface area (Å²) < 4.78 is 52.1. The summed E-state index contributed by atoms with van der Waals surface area (Å²) in [5.74, 6) is -0.502. The number of hydrogen-bond donors (Lipinski definition) is 1. The Bertz CT molecular complexity index is 736. The van der Waals surface area contributed by atoms with Crippen molar-refractivity contribution in [3.8, 4) is 0 Å². The lowest BCUT2D eigenvalue weighted by atomic mass is 10.1. The topological polar surface area (TPSA) is 29.1 Å². The minimum Gasteiger partial charge on any atom is -0.325 e. The Morgan fingerprint density at radius 1 is 1.17 bits per heavy atom. The molecule has 0 bridgehead atoms. The van der Waals surface area contributed by atoms with Gasteiger partial charge in [-0.3, -0.25) is 4.79 Å². The van der Waals surface area contributed by atoms with E-state index in [4.69, 9.17) is 0 Å². The van der Waals surface area contributed by atoms with Gasteiger partial charge < -0.3 is 5.32 Å². The Hall–Kier alpha value is -1.54. The summed E-state index contributed by atoms with van der Waals surface area (Å²) in [4.78, 5) is 11.8. The molecule has 0 unspecified atom stereocenters. The van der Waals surface area contributed by atoms with Gasteiger partial charge in [0.1, 0.15) is 5.82 Å². The van der Waals surface area contributed by atoms with Crippen LogP contribution in [0.3, 0.4) is 0 Å². The predicted molar refractivity (Wildman–Crippen MR) is 90.3 cm³/mol. The van der Waals surface area contributed by atoms with Crippen LogP contribution in [0.15, 0.2) is 46.9 Å². The average molecular weight is 422 g/mol. The van der Waals surface area contributed by atoms with E-state index in [9.17, 15) is 22.4 Å². The van der Waals surface area contributed by atoms with E-state index in [2.05, 4.69) is 21.2 Å². The van der Waals surface area contributed by atoms with Crippen LogP contribution in [-0.4, -0.2) is 11.7 Å². The summed E-state index contributed by atoms with van der Waals surface area (Å²) in [5.41, 5.74) is -0.354. The molecule has 0 aliphatic heterocycles. The van der Waals surface area contributed by atoms with Gasteiger partial charge >= 0.3 is 6.18 Å². The van der Waals surface area contributed by atoms with Crippen LogP contribution in [0.5, 0.6) is 0 Å².